The van der Waals surface area contributed by atoms with Crippen LogP contribution in [0.25, 0.3) is 11.1 Å². The number of rotatable bonds is 11. The number of carbonyl (C=O) groups excluding carboxylic acids is 2. The van der Waals surface area contributed by atoms with Crippen LogP contribution in [0.4, 0.5) is 4.79 Å². The topological polar surface area (TPSA) is 128 Å². The molecule has 0 radical (unpaired) electrons. The second-order valence-electron chi connectivity index (χ2n) is 8.55. The molecule has 182 valence electrons. The van der Waals surface area contributed by atoms with Gasteiger partial charge >= 0.3 is 12.1 Å². The minimum Gasteiger partial charge on any atom is -0.479 e. The van der Waals surface area contributed by atoms with E-state index in [1.807, 2.05) is 55.4 Å². The number of nitrogens with zero attached hydrogens (tertiary/aromatic N) is 1. The van der Waals surface area contributed by atoms with E-state index in [9.17, 15) is 19.5 Å². The lowest BCUT2D eigenvalue weighted by Gasteiger charge is -2.21. The van der Waals surface area contributed by atoms with Crippen molar-refractivity contribution in [1.82, 2.24) is 15.5 Å². The van der Waals surface area contributed by atoms with E-state index in [1.165, 1.54) is 0 Å². The molecule has 2 unspecified atom stereocenters. The maximum Gasteiger partial charge on any atom is 0.407 e. The van der Waals surface area contributed by atoms with Crippen LogP contribution in [0, 0.1) is 0 Å². The van der Waals surface area contributed by atoms with Gasteiger partial charge in [-0.2, -0.15) is 0 Å². The van der Waals surface area contributed by atoms with Crippen LogP contribution in [0.15, 0.2) is 48.5 Å². The zero-order valence-corrected chi connectivity index (χ0v) is 19.4. The predicted octanol–water partition coefficient (Wildman–Crippen LogP) is 1.80. The Balaban J connectivity index is 1.60. The van der Waals surface area contributed by atoms with E-state index in [-0.39, 0.29) is 25.5 Å². The summed E-state index contributed by atoms with van der Waals surface area (Å²) in [6, 6.07) is 15.2. The van der Waals surface area contributed by atoms with Gasteiger partial charge < -0.3 is 30.5 Å². The molecular weight excluding hydrogens is 438 g/mol. The highest BCUT2D eigenvalue weighted by molar-refractivity contribution is 5.85. The number of hydrogen-bond donors (Lipinski definition) is 4. The standard InChI is InChI=1S/C25H31N3O6/c1-28(2)14-12-21(23(30)26-13-11-22(29)24(31)32)27-25(33)34-15-20-18-9-5-3-7-16(18)17-8-4-6-10-19(17)20/h3-10,20-22,29H,11-15H2,1-2H3,(H,26,30)(H,27,33)(H,31,32). The van der Waals surface area contributed by atoms with Crippen molar-refractivity contribution in [2.75, 3.05) is 33.8 Å². The molecule has 0 fully saturated rings. The Hall–Kier alpha value is -3.43. The lowest BCUT2D eigenvalue weighted by Crippen LogP contribution is -2.48. The van der Waals surface area contributed by atoms with Crippen molar-refractivity contribution in [3.05, 3.63) is 59.7 Å². The molecule has 9 heteroatoms. The predicted molar refractivity (Wildman–Crippen MR) is 126 cm³/mol. The van der Waals surface area contributed by atoms with Gasteiger partial charge in [-0.3, -0.25) is 4.79 Å². The largest absolute Gasteiger partial charge is 0.479 e. The first-order valence-corrected chi connectivity index (χ1v) is 11.2. The Morgan fingerprint density at radius 3 is 2.15 bits per heavy atom. The minimum absolute atomic E-state index is 0.0306. The molecule has 9 nitrogen and oxygen atoms in total. The van der Waals surface area contributed by atoms with Gasteiger partial charge in [0.25, 0.3) is 0 Å². The van der Waals surface area contributed by atoms with E-state index < -0.39 is 30.1 Å². The fourth-order valence-electron chi connectivity index (χ4n) is 4.02. The highest BCUT2D eigenvalue weighted by atomic mass is 16.5. The number of aliphatic hydroxyl groups is 1. The first-order chi connectivity index (χ1) is 16.3. The highest BCUT2D eigenvalue weighted by Crippen LogP contribution is 2.44. The highest BCUT2D eigenvalue weighted by Gasteiger charge is 2.30. The van der Waals surface area contributed by atoms with Gasteiger partial charge in [0, 0.05) is 18.9 Å². The Labute approximate surface area is 198 Å². The van der Waals surface area contributed by atoms with E-state index >= 15 is 0 Å². The van der Waals surface area contributed by atoms with Crippen LogP contribution < -0.4 is 10.6 Å². The van der Waals surface area contributed by atoms with Gasteiger partial charge in [0.15, 0.2) is 6.10 Å². The number of nitrogens with one attached hydrogen (secondary N) is 2. The van der Waals surface area contributed by atoms with Gasteiger partial charge in [-0.05, 0) is 49.3 Å². The van der Waals surface area contributed by atoms with E-state index in [0.717, 1.165) is 22.3 Å². The van der Waals surface area contributed by atoms with Crippen LogP contribution in [-0.4, -0.2) is 79.0 Å². The van der Waals surface area contributed by atoms with Crippen molar-refractivity contribution in [1.29, 1.82) is 0 Å². The average Bonchev–Trinajstić information content (AvgIpc) is 3.13. The number of carboxylic acids is 1. The summed E-state index contributed by atoms with van der Waals surface area (Å²) in [6.45, 7) is 0.642. The molecule has 3 rings (SSSR count). The number of carboxylic acid groups (broad SMARTS) is 1. The van der Waals surface area contributed by atoms with Crippen molar-refractivity contribution in [2.45, 2.75) is 30.9 Å². The van der Waals surface area contributed by atoms with Crippen LogP contribution in [0.3, 0.4) is 0 Å². The molecule has 0 aliphatic heterocycles. The quantitative estimate of drug-likeness (QED) is 0.395. The third-order valence-corrected chi connectivity index (χ3v) is 5.82. The Bertz CT molecular complexity index is 980. The first-order valence-electron chi connectivity index (χ1n) is 11.2. The molecule has 0 saturated heterocycles. The molecule has 2 amide bonds. The Morgan fingerprint density at radius 1 is 1.00 bits per heavy atom. The van der Waals surface area contributed by atoms with Gasteiger partial charge in [0.2, 0.25) is 5.91 Å². The lowest BCUT2D eigenvalue weighted by molar-refractivity contribution is -0.147. The molecule has 0 saturated carbocycles. The van der Waals surface area contributed by atoms with Crippen LogP contribution in [-0.2, 0) is 14.3 Å². The van der Waals surface area contributed by atoms with Crippen LogP contribution >= 0.6 is 0 Å². The van der Waals surface area contributed by atoms with Crippen molar-refractivity contribution >= 4 is 18.0 Å². The lowest BCUT2D eigenvalue weighted by atomic mass is 9.98. The molecule has 1 aliphatic carbocycles. The summed E-state index contributed by atoms with van der Waals surface area (Å²) in [5.41, 5.74) is 4.43. The van der Waals surface area contributed by atoms with Gasteiger partial charge in [-0.25, -0.2) is 9.59 Å². The molecule has 1 aliphatic rings. The molecule has 0 heterocycles. The number of hydrogen-bond acceptors (Lipinski definition) is 6. The molecule has 0 aromatic heterocycles. The normalized spacial score (nSPS) is 14.1. The Kier molecular flexibility index (Phi) is 8.61. The fraction of sp³-hybridized carbons (Fsp3) is 0.400. The Morgan fingerprint density at radius 2 is 1.59 bits per heavy atom. The van der Waals surface area contributed by atoms with Crippen molar-refractivity contribution < 1.29 is 29.3 Å². The smallest absolute Gasteiger partial charge is 0.407 e. The number of ether oxygens (including phenoxy) is 1. The SMILES string of the molecule is CN(C)CCC(NC(=O)OCC1c2ccccc2-c2ccccc21)C(=O)NCCC(O)C(=O)O. The van der Waals surface area contributed by atoms with Crippen molar-refractivity contribution in [3.8, 4) is 11.1 Å². The molecule has 4 N–H and O–H groups in total. The van der Waals surface area contributed by atoms with E-state index in [0.29, 0.717) is 13.0 Å². The number of carbonyl (C=O) groups is 3. The van der Waals surface area contributed by atoms with Gasteiger partial charge in [-0.15, -0.1) is 0 Å². The number of amides is 2. The number of fused-ring (bicyclic) bond motifs is 3. The van der Waals surface area contributed by atoms with E-state index in [4.69, 9.17) is 9.84 Å². The van der Waals surface area contributed by atoms with Gasteiger partial charge in [-0.1, -0.05) is 48.5 Å². The number of aliphatic hydroxyl groups excluding tert-OH is 1. The summed E-state index contributed by atoms with van der Waals surface area (Å²) in [5.74, 6) is -1.91. The molecule has 34 heavy (non-hydrogen) atoms. The molecule has 2 atom stereocenters. The molecule has 0 bridgehead atoms. The third-order valence-electron chi connectivity index (χ3n) is 5.82. The van der Waals surface area contributed by atoms with Crippen molar-refractivity contribution in [3.63, 3.8) is 0 Å². The first kappa shape index (κ1) is 25.2. The summed E-state index contributed by atoms with van der Waals surface area (Å²) in [4.78, 5) is 37.8. The second kappa shape index (κ2) is 11.6. The average molecular weight is 470 g/mol. The monoisotopic (exact) mass is 469 g/mol. The zero-order chi connectivity index (χ0) is 24.7. The third kappa shape index (κ3) is 6.33. The number of aliphatic carboxylic acids is 1. The minimum atomic E-state index is -1.56. The molecule has 0 spiro atoms. The maximum atomic E-state index is 12.6. The van der Waals surface area contributed by atoms with E-state index in [1.54, 1.807) is 0 Å². The summed E-state index contributed by atoms with van der Waals surface area (Å²) >= 11 is 0. The van der Waals surface area contributed by atoms with Crippen molar-refractivity contribution in [2.24, 2.45) is 0 Å². The fourth-order valence-corrected chi connectivity index (χ4v) is 4.02. The van der Waals surface area contributed by atoms with Gasteiger partial charge in [0.05, 0.1) is 0 Å². The van der Waals surface area contributed by atoms with Crippen LogP contribution in [0.1, 0.15) is 29.9 Å². The second-order valence-corrected chi connectivity index (χ2v) is 8.55. The maximum absolute atomic E-state index is 12.6. The van der Waals surface area contributed by atoms with E-state index in [2.05, 4.69) is 22.8 Å². The summed E-state index contributed by atoms with van der Waals surface area (Å²) in [7, 11) is 3.71. The summed E-state index contributed by atoms with van der Waals surface area (Å²) in [6.07, 6.45) is -2.06. The van der Waals surface area contributed by atoms with Gasteiger partial charge in [0.1, 0.15) is 12.6 Å². The zero-order valence-electron chi connectivity index (χ0n) is 19.4. The summed E-state index contributed by atoms with van der Waals surface area (Å²) in [5, 5.41) is 23.3. The summed E-state index contributed by atoms with van der Waals surface area (Å²) < 4.78 is 5.54. The molecule has 2 aromatic rings. The molecule has 2 aromatic carbocycles. The van der Waals surface area contributed by atoms with Crippen LogP contribution in [0.2, 0.25) is 0 Å². The molecular formula is C25H31N3O6. The number of benzene rings is 2. The van der Waals surface area contributed by atoms with Crippen LogP contribution in [0.5, 0.6) is 0 Å². The number of alkyl carbamates (subject to hydrolysis) is 1.